The summed E-state index contributed by atoms with van der Waals surface area (Å²) in [5.74, 6) is 1.64. The maximum Gasteiger partial charge on any atom is 0.416 e. The highest BCUT2D eigenvalue weighted by atomic mass is 32.2. The van der Waals surface area contributed by atoms with E-state index in [0.29, 0.717) is 47.8 Å². The third-order valence-electron chi connectivity index (χ3n) is 6.75. The first-order valence-corrected chi connectivity index (χ1v) is 11.9. The Morgan fingerprint density at radius 2 is 1.48 bits per heavy atom. The van der Waals surface area contributed by atoms with Crippen molar-refractivity contribution >= 4 is 17.9 Å². The molecule has 0 radical (unpaired) electrons. The summed E-state index contributed by atoms with van der Waals surface area (Å²) >= 11 is 0.587. The Bertz CT molecular complexity index is 833. The molecule has 2 N–H and O–H groups in total. The number of halogens is 6. The molecule has 1 amide bonds. The van der Waals surface area contributed by atoms with Gasteiger partial charge in [0.15, 0.2) is 0 Å². The molecule has 0 heterocycles. The predicted molar refractivity (Wildman–Crippen MR) is 115 cm³/mol. The molecule has 2 aliphatic rings. The molecule has 2 aliphatic carbocycles. The van der Waals surface area contributed by atoms with Gasteiger partial charge in [-0.15, -0.1) is 0 Å². The van der Waals surface area contributed by atoms with E-state index < -0.39 is 29.0 Å². The summed E-state index contributed by atoms with van der Waals surface area (Å²) in [6.45, 7) is 7.47. The Morgan fingerprint density at radius 3 is 2.03 bits per heavy atom. The second kappa shape index (κ2) is 9.32. The van der Waals surface area contributed by atoms with Crippen LogP contribution in [-0.4, -0.2) is 17.5 Å². The number of fused-ring (bicyclic) bond motifs is 2. The van der Waals surface area contributed by atoms with Gasteiger partial charge in [-0.3, -0.25) is 4.79 Å². The number of hydrogen-bond acceptors (Lipinski definition) is 3. The van der Waals surface area contributed by atoms with Crippen LogP contribution < -0.4 is 10.0 Å². The Labute approximate surface area is 194 Å². The number of amides is 1. The van der Waals surface area contributed by atoms with Crippen LogP contribution in [0.2, 0.25) is 0 Å². The van der Waals surface area contributed by atoms with Crippen molar-refractivity contribution < 1.29 is 31.1 Å². The molecule has 3 nitrogen and oxygen atoms in total. The van der Waals surface area contributed by atoms with E-state index in [9.17, 15) is 31.1 Å². The van der Waals surface area contributed by atoms with Gasteiger partial charge >= 0.3 is 12.4 Å². The van der Waals surface area contributed by atoms with Gasteiger partial charge in [-0.1, -0.05) is 13.8 Å². The summed E-state index contributed by atoms with van der Waals surface area (Å²) in [7, 11) is 0. The lowest BCUT2D eigenvalue weighted by Crippen LogP contribution is -2.58. The van der Waals surface area contributed by atoms with Gasteiger partial charge in [-0.2, -0.15) is 26.3 Å². The van der Waals surface area contributed by atoms with E-state index >= 15 is 0 Å². The molecule has 3 rings (SSSR count). The number of carbonyl (C=O) groups is 1. The van der Waals surface area contributed by atoms with Crippen LogP contribution in [0.15, 0.2) is 23.1 Å². The summed E-state index contributed by atoms with van der Waals surface area (Å²) in [5, 5.41) is 3.12. The predicted octanol–water partition coefficient (Wildman–Crippen LogP) is 6.68. The molecule has 0 aliphatic heterocycles. The van der Waals surface area contributed by atoms with Crippen molar-refractivity contribution in [3.05, 3.63) is 29.3 Å². The molecule has 1 aromatic rings. The van der Waals surface area contributed by atoms with E-state index in [-0.39, 0.29) is 22.9 Å². The van der Waals surface area contributed by atoms with E-state index in [2.05, 4.69) is 23.9 Å². The minimum atomic E-state index is -4.92. The number of carbonyl (C=O) groups excluding carboxylic acids is 1. The number of alkyl halides is 6. The van der Waals surface area contributed by atoms with Gasteiger partial charge in [0.1, 0.15) is 5.54 Å². The van der Waals surface area contributed by atoms with Crippen molar-refractivity contribution in [2.75, 3.05) is 0 Å². The minimum absolute atomic E-state index is 0.00737. The highest BCUT2D eigenvalue weighted by Crippen LogP contribution is 2.45. The summed E-state index contributed by atoms with van der Waals surface area (Å²) in [6.07, 6.45) is -5.47. The van der Waals surface area contributed by atoms with Crippen molar-refractivity contribution in [1.82, 2.24) is 10.0 Å². The monoisotopic (exact) mass is 496 g/mol. The molecule has 33 heavy (non-hydrogen) atoms. The number of benzene rings is 1. The Hall–Kier alpha value is -1.42. The second-order valence-corrected chi connectivity index (χ2v) is 11.1. The standard InChI is InChI=1S/C23H30F6N2OS/c1-12-5-14-7-13(2)19(15(6-12)8-14)30-20(32)21(3,4)31-33-18-10-16(22(24,25)26)9-17(11-18)23(27,28)29/h9-15,19,31H,5-8H2,1-4H3,(H,30,32). The third kappa shape index (κ3) is 6.38. The maximum absolute atomic E-state index is 13.1. The topological polar surface area (TPSA) is 41.1 Å². The van der Waals surface area contributed by atoms with Crippen LogP contribution in [0.5, 0.6) is 0 Å². The van der Waals surface area contributed by atoms with Crippen LogP contribution >= 0.6 is 11.9 Å². The summed E-state index contributed by atoms with van der Waals surface area (Å²) < 4.78 is 81.4. The van der Waals surface area contributed by atoms with Crippen LogP contribution in [0.4, 0.5) is 26.3 Å². The Kier molecular flexibility index (Phi) is 7.40. The third-order valence-corrected chi connectivity index (χ3v) is 7.84. The van der Waals surface area contributed by atoms with Gasteiger partial charge < -0.3 is 5.32 Å². The Balaban J connectivity index is 1.71. The van der Waals surface area contributed by atoms with Crippen LogP contribution in [-0.2, 0) is 17.1 Å². The lowest BCUT2D eigenvalue weighted by molar-refractivity contribution is -0.143. The molecule has 2 saturated carbocycles. The largest absolute Gasteiger partial charge is 0.416 e. The van der Waals surface area contributed by atoms with Crippen molar-refractivity contribution in [2.45, 2.75) is 82.2 Å². The molecule has 0 aromatic heterocycles. The zero-order valence-corrected chi connectivity index (χ0v) is 19.8. The van der Waals surface area contributed by atoms with Crippen molar-refractivity contribution in [3.63, 3.8) is 0 Å². The Morgan fingerprint density at radius 1 is 0.909 bits per heavy atom. The number of nitrogens with one attached hydrogen (secondary N) is 2. The number of rotatable bonds is 5. The normalized spacial score (nSPS) is 28.5. The molecule has 0 saturated heterocycles. The van der Waals surface area contributed by atoms with Gasteiger partial charge in [0, 0.05) is 10.9 Å². The fourth-order valence-electron chi connectivity index (χ4n) is 5.24. The lowest BCUT2D eigenvalue weighted by Gasteiger charge is -2.47. The first-order chi connectivity index (χ1) is 15.1. The molecule has 2 bridgehead atoms. The molecule has 1 aromatic carbocycles. The van der Waals surface area contributed by atoms with Crippen molar-refractivity contribution in [2.24, 2.45) is 23.7 Å². The zero-order valence-electron chi connectivity index (χ0n) is 19.0. The van der Waals surface area contributed by atoms with E-state index in [1.807, 2.05) is 0 Å². The molecule has 10 heteroatoms. The SMILES string of the molecule is CC1CC2CC(C)C(NC(=O)C(C)(C)NSc3cc(C(F)(F)F)cc(C(F)(F)F)c3)C(C1)C2. The molecular formula is C23H30F6N2OS. The molecular weight excluding hydrogens is 466 g/mol. The van der Waals surface area contributed by atoms with E-state index in [4.69, 9.17) is 0 Å². The highest BCUT2D eigenvalue weighted by molar-refractivity contribution is 7.97. The zero-order chi connectivity index (χ0) is 24.8. The fraction of sp³-hybridized carbons (Fsp3) is 0.696. The summed E-state index contributed by atoms with van der Waals surface area (Å²) in [6, 6.07) is 1.39. The lowest BCUT2D eigenvalue weighted by atomic mass is 9.63. The average Bonchev–Trinajstić information content (AvgIpc) is 2.67. The average molecular weight is 497 g/mol. The van der Waals surface area contributed by atoms with Gasteiger partial charge in [-0.25, -0.2) is 4.72 Å². The van der Waals surface area contributed by atoms with Crippen LogP contribution in [0.1, 0.15) is 64.5 Å². The summed E-state index contributed by atoms with van der Waals surface area (Å²) in [5.41, 5.74) is -3.99. The number of hydrogen-bond donors (Lipinski definition) is 2. The van der Waals surface area contributed by atoms with E-state index in [0.717, 1.165) is 19.3 Å². The van der Waals surface area contributed by atoms with Crippen LogP contribution in [0.3, 0.4) is 0 Å². The smallest absolute Gasteiger partial charge is 0.351 e. The maximum atomic E-state index is 13.1. The molecule has 5 atom stereocenters. The van der Waals surface area contributed by atoms with Gasteiger partial charge in [0.25, 0.3) is 0 Å². The highest BCUT2D eigenvalue weighted by Gasteiger charge is 2.42. The summed E-state index contributed by atoms with van der Waals surface area (Å²) in [4.78, 5) is 12.8. The second-order valence-electron chi connectivity index (χ2n) is 10.2. The molecule has 2 fully saturated rings. The van der Waals surface area contributed by atoms with E-state index in [1.165, 1.54) is 6.42 Å². The first kappa shape index (κ1) is 26.2. The van der Waals surface area contributed by atoms with E-state index in [1.54, 1.807) is 13.8 Å². The van der Waals surface area contributed by atoms with Gasteiger partial charge in [-0.05, 0) is 93.3 Å². The molecule has 5 unspecified atom stereocenters. The first-order valence-electron chi connectivity index (χ1n) is 11.1. The van der Waals surface area contributed by atoms with Crippen molar-refractivity contribution in [1.29, 1.82) is 0 Å². The minimum Gasteiger partial charge on any atom is -0.351 e. The molecule has 186 valence electrons. The van der Waals surface area contributed by atoms with Crippen molar-refractivity contribution in [3.8, 4) is 0 Å². The molecule has 0 spiro atoms. The van der Waals surface area contributed by atoms with Gasteiger partial charge in [0.05, 0.1) is 11.1 Å². The van der Waals surface area contributed by atoms with Gasteiger partial charge in [0.2, 0.25) is 5.91 Å². The van der Waals surface area contributed by atoms with Crippen LogP contribution in [0.25, 0.3) is 0 Å². The van der Waals surface area contributed by atoms with Crippen LogP contribution in [0, 0.1) is 23.7 Å². The quantitative estimate of drug-likeness (QED) is 0.353. The fourth-order valence-corrected chi connectivity index (χ4v) is 6.07.